The molecule has 0 amide bonds. The molecule has 7 nitrogen and oxygen atoms in total. The molecule has 0 saturated carbocycles. The predicted octanol–water partition coefficient (Wildman–Crippen LogP) is 5.92. The van der Waals surface area contributed by atoms with Crippen LogP contribution in [0.1, 0.15) is 63.6 Å². The molecule has 3 heterocycles. The number of aliphatic hydroxyl groups is 1. The van der Waals surface area contributed by atoms with E-state index < -0.39 is 25.6 Å². The number of ether oxygens (including phenoxy) is 1. The number of fused-ring (bicyclic) bond motifs is 6. The largest absolute Gasteiger partial charge is 0.494 e. The fourth-order valence-corrected chi connectivity index (χ4v) is 6.99. The molecule has 1 fully saturated rings. The standard InChI is InChI=1S/C29H36N2O5Si/c1-7-29-22(32)16-28(36-29,14-15-35-37(5,6)27(2,3)4)23-24(29)26(34)31(25(23)33)21-13-12-18(17-30)19-10-8-9-11-20(19)21/h8-13,22,32-34H,7,14-16H2,1-6H3/t22-,28?,29?/m0/s1. The number of benzene rings is 2. The zero-order valence-electron chi connectivity index (χ0n) is 22.4. The third-order valence-electron chi connectivity index (χ3n) is 9.00. The fourth-order valence-electron chi connectivity index (χ4n) is 5.94. The van der Waals surface area contributed by atoms with Crippen molar-refractivity contribution in [2.75, 3.05) is 6.61 Å². The summed E-state index contributed by atoms with van der Waals surface area (Å²) in [6.45, 7) is 13.3. The van der Waals surface area contributed by atoms with Gasteiger partial charge in [-0.1, -0.05) is 52.0 Å². The van der Waals surface area contributed by atoms with Crippen LogP contribution in [-0.4, -0.2) is 40.9 Å². The maximum Gasteiger partial charge on any atom is 0.205 e. The molecule has 3 atom stereocenters. The van der Waals surface area contributed by atoms with Crippen LogP contribution in [0.25, 0.3) is 16.5 Å². The molecule has 1 aromatic heterocycles. The highest BCUT2D eigenvalue weighted by Crippen LogP contribution is 2.66. The first-order chi connectivity index (χ1) is 17.3. The Kier molecular flexibility index (Phi) is 5.81. The van der Waals surface area contributed by atoms with E-state index in [4.69, 9.17) is 9.16 Å². The van der Waals surface area contributed by atoms with Crippen LogP contribution >= 0.6 is 0 Å². The van der Waals surface area contributed by atoms with Crippen LogP contribution in [0, 0.1) is 11.3 Å². The van der Waals surface area contributed by atoms with Gasteiger partial charge in [0.1, 0.15) is 11.2 Å². The monoisotopic (exact) mass is 520 g/mol. The number of aromatic nitrogens is 1. The maximum absolute atomic E-state index is 11.7. The van der Waals surface area contributed by atoms with Crippen LogP contribution in [-0.2, 0) is 20.4 Å². The number of rotatable bonds is 6. The summed E-state index contributed by atoms with van der Waals surface area (Å²) < 4.78 is 14.5. The van der Waals surface area contributed by atoms with E-state index in [0.717, 1.165) is 10.8 Å². The second-order valence-electron chi connectivity index (χ2n) is 11.9. The summed E-state index contributed by atoms with van der Waals surface area (Å²) in [5.41, 5.74) is -0.0199. The number of nitrogens with zero attached hydrogens (tertiary/aromatic N) is 2. The van der Waals surface area contributed by atoms with E-state index in [1.807, 2.05) is 31.2 Å². The molecule has 196 valence electrons. The van der Waals surface area contributed by atoms with Gasteiger partial charge in [-0.25, -0.2) is 0 Å². The smallest absolute Gasteiger partial charge is 0.205 e. The summed E-state index contributed by atoms with van der Waals surface area (Å²) in [6, 6.07) is 13.1. The first-order valence-corrected chi connectivity index (χ1v) is 15.9. The molecule has 2 aliphatic rings. The van der Waals surface area contributed by atoms with Gasteiger partial charge in [0.15, 0.2) is 8.32 Å². The number of hydrogen-bond acceptors (Lipinski definition) is 6. The van der Waals surface area contributed by atoms with Gasteiger partial charge < -0.3 is 24.5 Å². The Morgan fingerprint density at radius 3 is 2.38 bits per heavy atom. The Bertz CT molecular complexity index is 1430. The Morgan fingerprint density at radius 1 is 1.11 bits per heavy atom. The number of nitriles is 1. The normalized spacial score (nSPS) is 25.0. The number of aromatic hydroxyl groups is 2. The highest BCUT2D eigenvalue weighted by Gasteiger charge is 2.67. The number of hydrogen-bond donors (Lipinski definition) is 3. The lowest BCUT2D eigenvalue weighted by molar-refractivity contribution is -0.120. The molecule has 8 heteroatoms. The van der Waals surface area contributed by atoms with E-state index in [2.05, 4.69) is 39.9 Å². The minimum Gasteiger partial charge on any atom is -0.494 e. The average molecular weight is 521 g/mol. The van der Waals surface area contributed by atoms with Gasteiger partial charge in [-0.3, -0.25) is 4.57 Å². The van der Waals surface area contributed by atoms with Crippen molar-refractivity contribution < 1.29 is 24.5 Å². The SMILES string of the molecule is CCC12OC(CCO[Si](C)(C)C(C)(C)C)(C[C@@H]1O)c1c2c(O)n(-c2ccc(C#N)c3ccccc23)c1O. The molecule has 2 aliphatic heterocycles. The van der Waals surface area contributed by atoms with Crippen LogP contribution in [0.3, 0.4) is 0 Å². The van der Waals surface area contributed by atoms with Gasteiger partial charge in [0.25, 0.3) is 0 Å². The molecule has 37 heavy (non-hydrogen) atoms. The Morgan fingerprint density at radius 2 is 1.76 bits per heavy atom. The van der Waals surface area contributed by atoms with Crippen molar-refractivity contribution in [2.45, 2.75) is 82.4 Å². The van der Waals surface area contributed by atoms with Crippen molar-refractivity contribution >= 4 is 19.1 Å². The van der Waals surface area contributed by atoms with Crippen molar-refractivity contribution in [1.82, 2.24) is 4.57 Å². The second kappa shape index (κ2) is 8.33. The fraction of sp³-hybridized carbons (Fsp3) is 0.483. The Labute approximate surface area is 219 Å². The van der Waals surface area contributed by atoms with Crippen LogP contribution in [0.2, 0.25) is 18.1 Å². The Hall–Kier alpha value is -2.83. The van der Waals surface area contributed by atoms with Crippen LogP contribution in [0.15, 0.2) is 36.4 Å². The first-order valence-electron chi connectivity index (χ1n) is 13.0. The van der Waals surface area contributed by atoms with Crippen LogP contribution in [0.4, 0.5) is 0 Å². The van der Waals surface area contributed by atoms with E-state index in [0.29, 0.717) is 48.2 Å². The molecule has 0 radical (unpaired) electrons. The number of aliphatic hydroxyl groups excluding tert-OH is 1. The lowest BCUT2D eigenvalue weighted by Gasteiger charge is -2.37. The van der Waals surface area contributed by atoms with Gasteiger partial charge in [0, 0.05) is 30.2 Å². The van der Waals surface area contributed by atoms with E-state index >= 15 is 0 Å². The lowest BCUT2D eigenvalue weighted by atomic mass is 9.74. The van der Waals surface area contributed by atoms with Crippen molar-refractivity contribution in [3.8, 4) is 23.5 Å². The topological polar surface area (TPSA) is 108 Å². The first kappa shape index (κ1) is 25.8. The van der Waals surface area contributed by atoms with Gasteiger partial charge >= 0.3 is 0 Å². The quantitative estimate of drug-likeness (QED) is 0.348. The lowest BCUT2D eigenvalue weighted by Crippen LogP contribution is -2.42. The molecule has 1 saturated heterocycles. The molecule has 0 aliphatic carbocycles. The summed E-state index contributed by atoms with van der Waals surface area (Å²) in [5, 5.41) is 45.6. The van der Waals surface area contributed by atoms with E-state index in [1.165, 1.54) is 4.57 Å². The Balaban J connectivity index is 1.65. The van der Waals surface area contributed by atoms with Crippen LogP contribution in [0.5, 0.6) is 11.8 Å². The van der Waals surface area contributed by atoms with E-state index in [1.54, 1.807) is 12.1 Å². The summed E-state index contributed by atoms with van der Waals surface area (Å²) in [6.07, 6.45) is 0.393. The molecule has 0 spiro atoms. The highest BCUT2D eigenvalue weighted by molar-refractivity contribution is 6.74. The van der Waals surface area contributed by atoms with Gasteiger partial charge in [0.05, 0.1) is 34.6 Å². The van der Waals surface area contributed by atoms with Crippen molar-refractivity contribution in [2.24, 2.45) is 0 Å². The van der Waals surface area contributed by atoms with Crippen LogP contribution < -0.4 is 0 Å². The molecule has 2 aromatic carbocycles. The minimum atomic E-state index is -2.02. The average Bonchev–Trinajstić information content (AvgIpc) is 3.40. The van der Waals surface area contributed by atoms with Gasteiger partial charge in [-0.05, 0) is 36.7 Å². The van der Waals surface area contributed by atoms with Gasteiger partial charge in [-0.15, -0.1) is 0 Å². The summed E-state index contributed by atoms with van der Waals surface area (Å²) in [7, 11) is -2.02. The summed E-state index contributed by atoms with van der Waals surface area (Å²) in [4.78, 5) is 0. The van der Waals surface area contributed by atoms with E-state index in [-0.39, 0.29) is 16.8 Å². The minimum absolute atomic E-state index is 0.0507. The second-order valence-corrected chi connectivity index (χ2v) is 16.7. The zero-order chi connectivity index (χ0) is 27.0. The third-order valence-corrected chi connectivity index (χ3v) is 13.5. The zero-order valence-corrected chi connectivity index (χ0v) is 23.4. The molecule has 3 aromatic rings. The molecule has 2 bridgehead atoms. The van der Waals surface area contributed by atoms with Crippen molar-refractivity contribution in [3.05, 3.63) is 53.1 Å². The molecular formula is C29H36N2O5Si. The maximum atomic E-state index is 11.7. The van der Waals surface area contributed by atoms with E-state index in [9.17, 15) is 20.6 Å². The predicted molar refractivity (Wildman–Crippen MR) is 144 cm³/mol. The summed E-state index contributed by atoms with van der Waals surface area (Å²) >= 11 is 0. The van der Waals surface area contributed by atoms with Gasteiger partial charge in [-0.2, -0.15) is 5.26 Å². The van der Waals surface area contributed by atoms with Crippen molar-refractivity contribution in [3.63, 3.8) is 0 Å². The third kappa shape index (κ3) is 3.48. The van der Waals surface area contributed by atoms with Gasteiger partial charge in [0.2, 0.25) is 11.8 Å². The molecule has 3 N–H and O–H groups in total. The molecule has 2 unspecified atom stereocenters. The van der Waals surface area contributed by atoms with Crippen molar-refractivity contribution in [1.29, 1.82) is 5.26 Å². The highest BCUT2D eigenvalue weighted by atomic mass is 28.4. The summed E-state index contributed by atoms with van der Waals surface area (Å²) in [5.74, 6) is -0.243. The molecular weight excluding hydrogens is 484 g/mol. The molecule has 5 rings (SSSR count).